The molecule has 4 heteroatoms. The van der Waals surface area contributed by atoms with Crippen LogP contribution in [0.3, 0.4) is 0 Å². The van der Waals surface area contributed by atoms with Crippen LogP contribution in [0.4, 0.5) is 34.1 Å². The number of aromatic nitrogens is 2. The van der Waals surface area contributed by atoms with E-state index in [2.05, 4.69) is 395 Å². The number of anilines is 6. The summed E-state index contributed by atoms with van der Waals surface area (Å²) < 4.78 is 4.83. The molecule has 2 aromatic heterocycles. The quantitative estimate of drug-likeness (QED) is 0.108. The first kappa shape index (κ1) is 55.6. The molecule has 0 aliphatic carbocycles. The molecule has 0 aliphatic heterocycles. The summed E-state index contributed by atoms with van der Waals surface area (Å²) >= 11 is 0. The summed E-state index contributed by atoms with van der Waals surface area (Å²) in [5, 5.41) is 4.93. The van der Waals surface area contributed by atoms with Crippen molar-refractivity contribution in [1.29, 1.82) is 0 Å². The van der Waals surface area contributed by atoms with Crippen LogP contribution in [-0.4, -0.2) is 9.13 Å². The van der Waals surface area contributed by atoms with Gasteiger partial charge in [0.05, 0.1) is 22.1 Å². The van der Waals surface area contributed by atoms with Crippen molar-refractivity contribution >= 4 is 77.7 Å². The van der Waals surface area contributed by atoms with Crippen LogP contribution >= 0.6 is 0 Å². The number of fused-ring (bicyclic) bond motifs is 6. The molecule has 0 bridgehead atoms. The Hall–Kier alpha value is -12.5. The molecule has 0 aliphatic rings. The molecule has 2 heterocycles. The molecule has 0 atom stereocenters. The fourth-order valence-electron chi connectivity index (χ4n) is 13.9. The molecule has 442 valence electrons. The lowest BCUT2D eigenvalue weighted by molar-refractivity contribution is 1.18. The molecule has 17 rings (SSSR count). The Bertz CT molecular complexity index is 4990. The maximum Gasteiger partial charge on any atom is 0.0541 e. The van der Waals surface area contributed by atoms with Crippen LogP contribution in [-0.2, 0) is 0 Å². The van der Waals surface area contributed by atoms with Crippen molar-refractivity contribution in [3.05, 3.63) is 376 Å². The van der Waals surface area contributed by atoms with Gasteiger partial charge in [0.25, 0.3) is 0 Å². The molecule has 17 aromatic rings. The van der Waals surface area contributed by atoms with Gasteiger partial charge in [0, 0.05) is 67.0 Å². The Morgan fingerprint density at radius 1 is 0.149 bits per heavy atom. The third kappa shape index (κ3) is 10.4. The van der Waals surface area contributed by atoms with Crippen LogP contribution in [0.2, 0.25) is 0 Å². The predicted octanol–water partition coefficient (Wildman–Crippen LogP) is 24.8. The summed E-state index contributed by atoms with van der Waals surface area (Å²) in [4.78, 5) is 4.70. The third-order valence-electron chi connectivity index (χ3n) is 18.5. The van der Waals surface area contributed by atoms with E-state index in [4.69, 9.17) is 0 Å². The molecule has 0 N–H and O–H groups in total. The lowest BCUT2D eigenvalue weighted by Gasteiger charge is -2.29. The van der Waals surface area contributed by atoms with Gasteiger partial charge < -0.3 is 18.9 Å². The number of para-hydroxylation sites is 2. The Morgan fingerprint density at radius 3 is 0.638 bits per heavy atom. The normalized spacial score (nSPS) is 11.4. The van der Waals surface area contributed by atoms with Gasteiger partial charge in [0.15, 0.2) is 0 Å². The predicted molar refractivity (Wildman–Crippen MR) is 397 cm³/mol. The van der Waals surface area contributed by atoms with E-state index in [0.29, 0.717) is 0 Å². The van der Waals surface area contributed by atoms with E-state index in [0.717, 1.165) is 67.8 Å². The smallest absolute Gasteiger partial charge is 0.0541 e. The monoisotopic (exact) mass is 1200 g/mol. The maximum atomic E-state index is 2.41. The molecule has 15 aromatic carbocycles. The minimum atomic E-state index is 1.05. The second-order valence-corrected chi connectivity index (χ2v) is 24.1. The number of hydrogen-bond donors (Lipinski definition) is 0. The Morgan fingerprint density at radius 2 is 0.362 bits per heavy atom. The van der Waals surface area contributed by atoms with Gasteiger partial charge in [-0.15, -0.1) is 0 Å². The van der Waals surface area contributed by atoms with Gasteiger partial charge in [0.2, 0.25) is 0 Å². The molecule has 0 amide bonds. The number of rotatable bonds is 14. The van der Waals surface area contributed by atoms with Crippen LogP contribution in [0, 0.1) is 0 Å². The van der Waals surface area contributed by atoms with Gasteiger partial charge in [-0.25, -0.2) is 0 Å². The van der Waals surface area contributed by atoms with E-state index < -0.39 is 0 Å². The fraction of sp³-hybridized carbons (Fsp3) is 0. The Labute approximate surface area is 547 Å². The topological polar surface area (TPSA) is 16.3 Å². The van der Waals surface area contributed by atoms with Gasteiger partial charge >= 0.3 is 0 Å². The molecular weight excluding hydrogens is 1140 g/mol. The van der Waals surface area contributed by atoms with E-state index in [1.807, 2.05) is 0 Å². The summed E-state index contributed by atoms with van der Waals surface area (Å²) in [7, 11) is 0. The summed E-state index contributed by atoms with van der Waals surface area (Å²) in [5.74, 6) is 0. The largest absolute Gasteiger partial charge is 0.310 e. The first-order valence-corrected chi connectivity index (χ1v) is 32.2. The molecule has 0 radical (unpaired) electrons. The highest BCUT2D eigenvalue weighted by atomic mass is 15.2. The van der Waals surface area contributed by atoms with Crippen molar-refractivity contribution in [2.75, 3.05) is 9.80 Å². The van der Waals surface area contributed by atoms with Crippen molar-refractivity contribution in [1.82, 2.24) is 9.13 Å². The SMILES string of the molecule is c1ccc(-c2ccc3c(c2)c2cc(-c4ccccc4)ccc2n3-c2ccc(-c3ccc(N(c4ccccc4)c4cccc(N(c5ccccc5)c5ccc(-c6ccc(-n7c8ccc(-c9ccccc9)cc8c8cc(-c9ccccc9)ccc87)cc6)cc5)c4)cc3)cc2)cc1. The lowest BCUT2D eigenvalue weighted by Crippen LogP contribution is -2.13. The average molecular weight is 1200 g/mol. The summed E-state index contributed by atoms with van der Waals surface area (Å²) in [6.45, 7) is 0. The first-order valence-electron chi connectivity index (χ1n) is 32.2. The van der Waals surface area contributed by atoms with Crippen LogP contribution in [0.5, 0.6) is 0 Å². The minimum Gasteiger partial charge on any atom is -0.310 e. The van der Waals surface area contributed by atoms with E-state index in [1.165, 1.54) is 88.1 Å². The van der Waals surface area contributed by atoms with Gasteiger partial charge in [-0.05, 0) is 206 Å². The molecule has 0 saturated heterocycles. The highest BCUT2D eigenvalue weighted by Gasteiger charge is 2.21. The van der Waals surface area contributed by atoms with Crippen LogP contribution < -0.4 is 9.80 Å². The molecule has 0 fully saturated rings. The third-order valence-corrected chi connectivity index (χ3v) is 18.5. The average Bonchev–Trinajstić information content (AvgIpc) is 1.62. The van der Waals surface area contributed by atoms with E-state index in [1.54, 1.807) is 0 Å². The highest BCUT2D eigenvalue weighted by molar-refractivity contribution is 6.13. The summed E-state index contributed by atoms with van der Waals surface area (Å²) in [6, 6.07) is 137. The van der Waals surface area contributed by atoms with Gasteiger partial charge in [-0.2, -0.15) is 0 Å². The minimum absolute atomic E-state index is 1.05. The van der Waals surface area contributed by atoms with Gasteiger partial charge in [-0.3, -0.25) is 0 Å². The zero-order chi connectivity index (χ0) is 62.3. The second-order valence-electron chi connectivity index (χ2n) is 24.1. The van der Waals surface area contributed by atoms with Crippen molar-refractivity contribution in [2.45, 2.75) is 0 Å². The maximum absolute atomic E-state index is 2.41. The van der Waals surface area contributed by atoms with Crippen molar-refractivity contribution < 1.29 is 0 Å². The molecule has 4 nitrogen and oxygen atoms in total. The van der Waals surface area contributed by atoms with E-state index >= 15 is 0 Å². The second kappa shape index (κ2) is 24.0. The Balaban J connectivity index is 0.667. The Kier molecular flexibility index (Phi) is 14.2. The molecule has 0 spiro atoms. The zero-order valence-electron chi connectivity index (χ0n) is 51.6. The zero-order valence-corrected chi connectivity index (χ0v) is 51.6. The number of benzene rings is 15. The highest BCUT2D eigenvalue weighted by Crippen LogP contribution is 2.44. The molecule has 94 heavy (non-hydrogen) atoms. The molecule has 0 saturated carbocycles. The van der Waals surface area contributed by atoms with Crippen LogP contribution in [0.15, 0.2) is 376 Å². The van der Waals surface area contributed by atoms with Crippen molar-refractivity contribution in [3.63, 3.8) is 0 Å². The van der Waals surface area contributed by atoms with Crippen LogP contribution in [0.1, 0.15) is 0 Å². The van der Waals surface area contributed by atoms with Crippen molar-refractivity contribution in [2.24, 2.45) is 0 Å². The van der Waals surface area contributed by atoms with Gasteiger partial charge in [0.1, 0.15) is 0 Å². The lowest BCUT2D eigenvalue weighted by atomic mass is 10.0. The molecule has 0 unspecified atom stereocenters. The standard InChI is InChI=1S/C90H62N4/c1-7-20-63(21-8-1)71-42-54-87-83(58-71)84-59-72(64-22-9-2-10-23-64)43-55-88(84)93(87)79-50-38-69(39-51-79)67-34-46-77(47-35-67)91(75-28-15-5-16-29-75)81-32-19-33-82(62-81)92(76-30-17-6-18-31-76)78-48-36-68(37-49-78)70-40-52-80(53-41-70)94-89-56-44-73(65-24-11-3-12-25-65)60-85(89)86-61-74(45-57-90(86)94)66-26-13-4-14-27-66/h1-62H. The first-order chi connectivity index (χ1) is 46.6. The van der Waals surface area contributed by atoms with Crippen LogP contribution in [0.25, 0.3) is 122 Å². The van der Waals surface area contributed by atoms with E-state index in [9.17, 15) is 0 Å². The number of nitrogens with zero attached hydrogens (tertiary/aromatic N) is 4. The van der Waals surface area contributed by atoms with Gasteiger partial charge in [-0.1, -0.05) is 237 Å². The summed E-state index contributed by atoms with van der Waals surface area (Å²) in [5.41, 5.74) is 27.6. The number of hydrogen-bond acceptors (Lipinski definition) is 2. The van der Waals surface area contributed by atoms with E-state index in [-0.39, 0.29) is 0 Å². The fourth-order valence-corrected chi connectivity index (χ4v) is 13.9. The molecular formula is C90H62N4. The van der Waals surface area contributed by atoms with Crippen molar-refractivity contribution in [3.8, 4) is 78.1 Å². The summed E-state index contributed by atoms with van der Waals surface area (Å²) in [6.07, 6.45) is 0.